The van der Waals surface area contributed by atoms with Gasteiger partial charge in [0.15, 0.2) is 0 Å². The quantitative estimate of drug-likeness (QED) is 0.687. The fourth-order valence-corrected chi connectivity index (χ4v) is 4.05. The number of rotatable bonds is 1. The number of halogens is 1. The summed E-state index contributed by atoms with van der Waals surface area (Å²) >= 11 is 5.20. The van der Waals surface area contributed by atoms with Crippen LogP contribution in [-0.4, -0.2) is 23.1 Å². The van der Waals surface area contributed by atoms with Gasteiger partial charge < -0.3 is 9.64 Å². The topological polar surface area (TPSA) is 29.5 Å². The molecule has 1 aromatic rings. The molecule has 0 unspecified atom stereocenters. The van der Waals surface area contributed by atoms with Gasteiger partial charge in [-0.1, -0.05) is 6.92 Å². The molecule has 2 heterocycles. The number of nitrogens with zero attached hydrogens (tertiary/aromatic N) is 1. The number of piperidine rings is 1. The number of ether oxygens (including phenoxy) is 1. The fourth-order valence-electron chi connectivity index (χ4n) is 2.48. The number of hydrogen-bond acceptors (Lipinski definition) is 3. The van der Waals surface area contributed by atoms with E-state index in [4.69, 9.17) is 4.74 Å². The summed E-state index contributed by atoms with van der Waals surface area (Å²) in [6, 6.07) is 4.30. The Morgan fingerprint density at radius 2 is 2.10 bits per heavy atom. The van der Waals surface area contributed by atoms with Crippen molar-refractivity contribution in [2.75, 3.05) is 6.54 Å². The van der Waals surface area contributed by atoms with Gasteiger partial charge in [0.05, 0.1) is 9.83 Å². The predicted octanol–water partition coefficient (Wildman–Crippen LogP) is 5.22. The summed E-state index contributed by atoms with van der Waals surface area (Å²) in [5.41, 5.74) is -0.446. The van der Waals surface area contributed by atoms with Crippen LogP contribution in [0.15, 0.2) is 15.9 Å². The van der Waals surface area contributed by atoms with E-state index in [1.54, 1.807) is 11.3 Å². The molecule has 0 saturated carbocycles. The minimum Gasteiger partial charge on any atom is -0.444 e. The second-order valence-electron chi connectivity index (χ2n) is 6.47. The molecule has 2 rings (SSSR count). The smallest absolute Gasteiger partial charge is 0.410 e. The maximum atomic E-state index is 12.4. The highest BCUT2D eigenvalue weighted by Crippen LogP contribution is 2.38. The third-order valence-corrected chi connectivity index (χ3v) is 5.09. The van der Waals surface area contributed by atoms with Gasteiger partial charge in [0.25, 0.3) is 0 Å². The van der Waals surface area contributed by atoms with E-state index in [-0.39, 0.29) is 12.1 Å². The molecule has 1 saturated heterocycles. The van der Waals surface area contributed by atoms with E-state index >= 15 is 0 Å². The molecule has 112 valence electrons. The molecular weight excluding hydrogens is 338 g/mol. The van der Waals surface area contributed by atoms with Crippen LogP contribution >= 0.6 is 27.3 Å². The Hall–Kier alpha value is -0.550. The molecule has 3 nitrogen and oxygen atoms in total. The Bertz CT molecular complexity index is 480. The third-order valence-electron chi connectivity index (χ3n) is 3.37. The molecule has 1 aliphatic heterocycles. The van der Waals surface area contributed by atoms with Gasteiger partial charge in [-0.2, -0.15) is 0 Å². The van der Waals surface area contributed by atoms with Crippen molar-refractivity contribution in [1.29, 1.82) is 0 Å². The zero-order chi connectivity index (χ0) is 14.9. The monoisotopic (exact) mass is 359 g/mol. The molecule has 1 aliphatic rings. The molecule has 1 fully saturated rings. The molecule has 5 heteroatoms. The van der Waals surface area contributed by atoms with Gasteiger partial charge in [-0.05, 0) is 67.6 Å². The van der Waals surface area contributed by atoms with Crippen LogP contribution in [0.5, 0.6) is 0 Å². The number of hydrogen-bond donors (Lipinski definition) is 0. The first-order chi connectivity index (χ1) is 9.26. The second kappa shape index (κ2) is 6.06. The van der Waals surface area contributed by atoms with Crippen molar-refractivity contribution in [3.63, 3.8) is 0 Å². The first kappa shape index (κ1) is 15.8. The van der Waals surface area contributed by atoms with E-state index in [1.165, 1.54) is 4.88 Å². The summed E-state index contributed by atoms with van der Waals surface area (Å²) in [7, 11) is 0. The van der Waals surface area contributed by atoms with Crippen LogP contribution in [0.4, 0.5) is 4.79 Å². The summed E-state index contributed by atoms with van der Waals surface area (Å²) in [6.07, 6.45) is 1.96. The van der Waals surface area contributed by atoms with E-state index in [0.29, 0.717) is 5.92 Å². The normalized spacial score (nSPS) is 23.8. The van der Waals surface area contributed by atoms with Crippen LogP contribution in [0.3, 0.4) is 0 Å². The van der Waals surface area contributed by atoms with Gasteiger partial charge in [-0.3, -0.25) is 0 Å². The van der Waals surface area contributed by atoms with Crippen molar-refractivity contribution < 1.29 is 9.53 Å². The van der Waals surface area contributed by atoms with E-state index in [1.807, 2.05) is 31.7 Å². The fraction of sp³-hybridized carbons (Fsp3) is 0.667. The largest absolute Gasteiger partial charge is 0.444 e. The van der Waals surface area contributed by atoms with Crippen LogP contribution < -0.4 is 0 Å². The Kier molecular flexibility index (Phi) is 4.80. The van der Waals surface area contributed by atoms with Gasteiger partial charge >= 0.3 is 6.09 Å². The number of likely N-dealkylation sites (tertiary alicyclic amines) is 1. The van der Waals surface area contributed by atoms with E-state index < -0.39 is 5.60 Å². The van der Waals surface area contributed by atoms with E-state index in [0.717, 1.165) is 23.2 Å². The van der Waals surface area contributed by atoms with Crippen molar-refractivity contribution in [3.8, 4) is 0 Å². The lowest BCUT2D eigenvalue weighted by Gasteiger charge is -2.38. The van der Waals surface area contributed by atoms with Crippen LogP contribution in [0.25, 0.3) is 0 Å². The Labute approximate surface area is 133 Å². The lowest BCUT2D eigenvalue weighted by Crippen LogP contribution is -2.44. The van der Waals surface area contributed by atoms with Crippen LogP contribution in [-0.2, 0) is 4.74 Å². The Balaban J connectivity index is 2.18. The van der Waals surface area contributed by atoms with Crippen molar-refractivity contribution >= 4 is 33.4 Å². The lowest BCUT2D eigenvalue weighted by molar-refractivity contribution is 0.00412. The number of thiophene rings is 1. The minimum absolute atomic E-state index is 0.150. The van der Waals surface area contributed by atoms with E-state index in [9.17, 15) is 4.79 Å². The Morgan fingerprint density at radius 1 is 1.40 bits per heavy atom. The summed E-state index contributed by atoms with van der Waals surface area (Å²) in [6.45, 7) is 8.70. The van der Waals surface area contributed by atoms with Gasteiger partial charge in [-0.25, -0.2) is 4.79 Å². The van der Waals surface area contributed by atoms with Crippen LogP contribution in [0.2, 0.25) is 0 Å². The molecule has 0 aromatic carbocycles. The minimum atomic E-state index is -0.446. The number of amides is 1. The van der Waals surface area contributed by atoms with Crippen molar-refractivity contribution in [2.24, 2.45) is 5.92 Å². The van der Waals surface area contributed by atoms with Crippen molar-refractivity contribution in [3.05, 3.63) is 20.8 Å². The maximum absolute atomic E-state index is 12.4. The van der Waals surface area contributed by atoms with Gasteiger partial charge in [-0.15, -0.1) is 11.3 Å². The summed E-state index contributed by atoms with van der Waals surface area (Å²) in [4.78, 5) is 15.6. The highest BCUT2D eigenvalue weighted by Gasteiger charge is 2.34. The molecule has 2 atom stereocenters. The van der Waals surface area contributed by atoms with Crippen molar-refractivity contribution in [2.45, 2.75) is 52.2 Å². The number of carbonyl (C=O) groups is 1. The predicted molar refractivity (Wildman–Crippen MR) is 86.1 cm³/mol. The van der Waals surface area contributed by atoms with Crippen LogP contribution in [0.1, 0.15) is 51.5 Å². The highest BCUT2D eigenvalue weighted by molar-refractivity contribution is 9.11. The molecule has 0 aliphatic carbocycles. The SMILES string of the molecule is C[C@H]1CC[C@H](c2ccc(Br)s2)N(C(=O)OC(C)(C)C)C1. The average Bonchev–Trinajstić information content (AvgIpc) is 2.73. The summed E-state index contributed by atoms with van der Waals surface area (Å²) in [5, 5.41) is 0. The molecular formula is C15H22BrNO2S. The van der Waals surface area contributed by atoms with E-state index in [2.05, 4.69) is 28.9 Å². The summed E-state index contributed by atoms with van der Waals surface area (Å²) in [5.74, 6) is 0.530. The lowest BCUT2D eigenvalue weighted by atomic mass is 9.94. The molecule has 0 N–H and O–H groups in total. The molecule has 0 bridgehead atoms. The second-order valence-corrected chi connectivity index (χ2v) is 8.97. The number of carbonyl (C=O) groups excluding carboxylic acids is 1. The molecule has 1 amide bonds. The highest BCUT2D eigenvalue weighted by atomic mass is 79.9. The molecule has 1 aromatic heterocycles. The maximum Gasteiger partial charge on any atom is 0.410 e. The van der Waals surface area contributed by atoms with Gasteiger partial charge in [0.2, 0.25) is 0 Å². The first-order valence-corrected chi connectivity index (χ1v) is 8.62. The zero-order valence-corrected chi connectivity index (χ0v) is 14.9. The molecule has 0 radical (unpaired) electrons. The summed E-state index contributed by atoms with van der Waals surface area (Å²) < 4.78 is 6.67. The van der Waals surface area contributed by atoms with Crippen LogP contribution in [0, 0.1) is 5.92 Å². The van der Waals surface area contributed by atoms with Crippen molar-refractivity contribution in [1.82, 2.24) is 4.90 Å². The van der Waals surface area contributed by atoms with Gasteiger partial charge in [0, 0.05) is 11.4 Å². The molecule has 20 heavy (non-hydrogen) atoms. The standard InChI is InChI=1S/C15H22BrNO2S/c1-10-5-6-11(12-7-8-13(16)20-12)17(9-10)14(18)19-15(2,3)4/h7-8,10-11H,5-6,9H2,1-4H3/t10-,11+/m0/s1. The third kappa shape index (κ3) is 3.98. The average molecular weight is 360 g/mol. The first-order valence-electron chi connectivity index (χ1n) is 7.01. The Morgan fingerprint density at radius 3 is 2.65 bits per heavy atom. The van der Waals surface area contributed by atoms with Gasteiger partial charge in [0.1, 0.15) is 5.60 Å². The zero-order valence-electron chi connectivity index (χ0n) is 12.5. The molecule has 0 spiro atoms.